The highest BCUT2D eigenvalue weighted by atomic mass is 16.5. The molecule has 1 amide bonds. The van der Waals surface area contributed by atoms with Gasteiger partial charge in [-0.3, -0.25) is 9.78 Å². The van der Waals surface area contributed by atoms with Gasteiger partial charge in [0.25, 0.3) is 5.91 Å². The first-order valence-corrected chi connectivity index (χ1v) is 8.62. The molecule has 0 spiro atoms. The summed E-state index contributed by atoms with van der Waals surface area (Å²) in [5.41, 5.74) is 3.49. The van der Waals surface area contributed by atoms with Crippen molar-refractivity contribution in [3.8, 4) is 23.0 Å². The summed E-state index contributed by atoms with van der Waals surface area (Å²) in [4.78, 5) is 24.7. The minimum Gasteiger partial charge on any atom is -0.493 e. The smallest absolute Gasteiger partial charge is 0.255 e. The van der Waals surface area contributed by atoms with Crippen LogP contribution >= 0.6 is 0 Å². The van der Waals surface area contributed by atoms with E-state index in [1.165, 1.54) is 7.11 Å². The molecule has 0 aliphatic carbocycles. The number of H-pyrrole nitrogens is 1. The molecule has 0 saturated heterocycles. The predicted molar refractivity (Wildman–Crippen MR) is 107 cm³/mol. The molecule has 0 aliphatic rings. The molecule has 2 N–H and O–H groups in total. The Hall–Kier alpha value is -3.87. The molecule has 2 heterocycles. The molecule has 2 aromatic carbocycles. The number of aromatic nitrogens is 3. The number of amides is 1. The molecule has 0 bridgehead atoms. The van der Waals surface area contributed by atoms with Gasteiger partial charge in [-0.25, -0.2) is 4.98 Å². The zero-order valence-corrected chi connectivity index (χ0v) is 15.4. The lowest BCUT2D eigenvalue weighted by Crippen LogP contribution is -2.12. The summed E-state index contributed by atoms with van der Waals surface area (Å²) >= 11 is 0. The summed E-state index contributed by atoms with van der Waals surface area (Å²) in [6, 6.07) is 16.2. The second kappa shape index (κ2) is 7.40. The molecule has 7 nitrogen and oxygen atoms in total. The molecule has 0 atom stereocenters. The molecule has 0 unspecified atom stereocenters. The van der Waals surface area contributed by atoms with Crippen molar-refractivity contribution in [2.75, 3.05) is 19.5 Å². The zero-order valence-electron chi connectivity index (χ0n) is 15.4. The van der Waals surface area contributed by atoms with Crippen molar-refractivity contribution in [3.63, 3.8) is 0 Å². The number of hydrogen-bond donors (Lipinski definition) is 2. The largest absolute Gasteiger partial charge is 0.493 e. The highest BCUT2D eigenvalue weighted by molar-refractivity contribution is 6.05. The maximum absolute atomic E-state index is 12.6. The number of fused-ring (bicyclic) bond motifs is 1. The van der Waals surface area contributed by atoms with Crippen molar-refractivity contribution in [1.29, 1.82) is 0 Å². The first-order chi connectivity index (χ1) is 13.7. The fourth-order valence-electron chi connectivity index (χ4n) is 2.89. The molecule has 2 aromatic heterocycles. The lowest BCUT2D eigenvalue weighted by Gasteiger charge is -2.10. The summed E-state index contributed by atoms with van der Waals surface area (Å²) in [7, 11) is 3.08. The monoisotopic (exact) mass is 374 g/mol. The van der Waals surface area contributed by atoms with Crippen LogP contribution in [0.5, 0.6) is 11.5 Å². The van der Waals surface area contributed by atoms with E-state index < -0.39 is 0 Å². The number of hydrogen-bond acceptors (Lipinski definition) is 5. The van der Waals surface area contributed by atoms with Crippen LogP contribution in [0.1, 0.15) is 10.4 Å². The van der Waals surface area contributed by atoms with Crippen LogP contribution < -0.4 is 14.8 Å². The Morgan fingerprint density at radius 2 is 1.86 bits per heavy atom. The summed E-state index contributed by atoms with van der Waals surface area (Å²) in [5, 5.41) is 2.89. The Kier molecular flexibility index (Phi) is 4.63. The maximum Gasteiger partial charge on any atom is 0.255 e. The predicted octanol–water partition coefficient (Wildman–Crippen LogP) is 3.89. The first kappa shape index (κ1) is 17.5. The SMILES string of the molecule is COc1ccc(C(=O)Nc2ccc3nc(-c4ccccn4)[nH]c3c2)cc1OC. The van der Waals surface area contributed by atoms with Gasteiger partial charge in [0.1, 0.15) is 5.69 Å². The third kappa shape index (κ3) is 3.37. The van der Waals surface area contributed by atoms with Gasteiger partial charge in [0.05, 0.1) is 25.3 Å². The molecular formula is C21H18N4O3. The van der Waals surface area contributed by atoms with Crippen LogP contribution in [-0.4, -0.2) is 35.1 Å². The summed E-state index contributed by atoms with van der Waals surface area (Å²) in [5.74, 6) is 1.50. The molecule has 28 heavy (non-hydrogen) atoms. The van der Waals surface area contributed by atoms with E-state index in [1.807, 2.05) is 36.4 Å². The highest BCUT2D eigenvalue weighted by Crippen LogP contribution is 2.28. The van der Waals surface area contributed by atoms with Crippen molar-refractivity contribution >= 4 is 22.6 Å². The van der Waals surface area contributed by atoms with Crippen LogP contribution in [0.3, 0.4) is 0 Å². The summed E-state index contributed by atoms with van der Waals surface area (Å²) < 4.78 is 10.5. The van der Waals surface area contributed by atoms with Crippen molar-refractivity contribution in [2.24, 2.45) is 0 Å². The average molecular weight is 374 g/mol. The number of carbonyl (C=O) groups excluding carboxylic acids is 1. The molecule has 0 saturated carbocycles. The van der Waals surface area contributed by atoms with Crippen LogP contribution in [0.15, 0.2) is 60.8 Å². The van der Waals surface area contributed by atoms with Crippen LogP contribution in [0.4, 0.5) is 5.69 Å². The second-order valence-corrected chi connectivity index (χ2v) is 6.06. The van der Waals surface area contributed by atoms with E-state index in [1.54, 1.807) is 31.5 Å². The van der Waals surface area contributed by atoms with Gasteiger partial charge in [-0.2, -0.15) is 0 Å². The number of ether oxygens (including phenoxy) is 2. The molecule has 140 valence electrons. The summed E-state index contributed by atoms with van der Waals surface area (Å²) in [6.07, 6.45) is 1.72. The summed E-state index contributed by atoms with van der Waals surface area (Å²) in [6.45, 7) is 0. The van der Waals surface area contributed by atoms with Gasteiger partial charge in [-0.1, -0.05) is 6.07 Å². The molecule has 4 rings (SSSR count). The van der Waals surface area contributed by atoms with Crippen LogP contribution in [0.2, 0.25) is 0 Å². The first-order valence-electron chi connectivity index (χ1n) is 8.62. The lowest BCUT2D eigenvalue weighted by atomic mass is 10.1. The number of carbonyl (C=O) groups is 1. The van der Waals surface area contributed by atoms with E-state index in [0.29, 0.717) is 28.6 Å². The minimum atomic E-state index is -0.246. The molecule has 7 heteroatoms. The fraction of sp³-hybridized carbons (Fsp3) is 0.0952. The number of methoxy groups -OCH3 is 2. The molecular weight excluding hydrogens is 356 g/mol. The maximum atomic E-state index is 12.6. The topological polar surface area (TPSA) is 89.1 Å². The zero-order chi connectivity index (χ0) is 19.5. The van der Waals surface area contributed by atoms with Crippen molar-refractivity contribution < 1.29 is 14.3 Å². The number of anilines is 1. The van der Waals surface area contributed by atoms with Gasteiger partial charge >= 0.3 is 0 Å². The molecule has 0 aliphatic heterocycles. The van der Waals surface area contributed by atoms with E-state index in [4.69, 9.17) is 9.47 Å². The van der Waals surface area contributed by atoms with Crippen molar-refractivity contribution in [2.45, 2.75) is 0 Å². The number of rotatable bonds is 5. The number of nitrogens with zero attached hydrogens (tertiary/aromatic N) is 2. The Labute approximate surface area is 161 Å². The number of aromatic amines is 1. The highest BCUT2D eigenvalue weighted by Gasteiger charge is 2.12. The lowest BCUT2D eigenvalue weighted by molar-refractivity contribution is 0.102. The van der Waals surface area contributed by atoms with Gasteiger partial charge in [-0.05, 0) is 48.5 Å². The second-order valence-electron chi connectivity index (χ2n) is 6.06. The van der Waals surface area contributed by atoms with E-state index in [0.717, 1.165) is 16.7 Å². The Morgan fingerprint density at radius 1 is 1.00 bits per heavy atom. The Bertz CT molecular complexity index is 1140. The normalized spacial score (nSPS) is 10.6. The van der Waals surface area contributed by atoms with E-state index >= 15 is 0 Å². The van der Waals surface area contributed by atoms with E-state index in [-0.39, 0.29) is 5.91 Å². The minimum absolute atomic E-state index is 0.246. The van der Waals surface area contributed by atoms with Gasteiger partial charge in [0, 0.05) is 17.4 Å². The van der Waals surface area contributed by atoms with Gasteiger partial charge in [0.15, 0.2) is 17.3 Å². The quantitative estimate of drug-likeness (QED) is 0.553. The van der Waals surface area contributed by atoms with Gasteiger partial charge < -0.3 is 19.8 Å². The molecule has 0 radical (unpaired) electrons. The third-order valence-corrected chi connectivity index (χ3v) is 4.29. The molecule has 4 aromatic rings. The van der Waals surface area contributed by atoms with Gasteiger partial charge in [0.2, 0.25) is 0 Å². The third-order valence-electron chi connectivity index (χ3n) is 4.29. The van der Waals surface area contributed by atoms with E-state index in [9.17, 15) is 4.79 Å². The standard InChI is InChI=1S/C21H18N4O3/c1-27-18-9-6-13(11-19(18)28-2)21(26)23-14-7-8-15-17(12-14)25-20(24-15)16-5-3-4-10-22-16/h3-12H,1-2H3,(H,23,26)(H,24,25). The number of nitrogens with one attached hydrogen (secondary N) is 2. The Balaban J connectivity index is 1.58. The van der Waals surface area contributed by atoms with Crippen molar-refractivity contribution in [1.82, 2.24) is 15.0 Å². The number of pyridine rings is 1. The number of imidazole rings is 1. The van der Waals surface area contributed by atoms with Crippen molar-refractivity contribution in [3.05, 3.63) is 66.4 Å². The Morgan fingerprint density at radius 3 is 2.61 bits per heavy atom. The molecule has 0 fully saturated rings. The van der Waals surface area contributed by atoms with Crippen LogP contribution in [0, 0.1) is 0 Å². The average Bonchev–Trinajstić information content (AvgIpc) is 3.17. The number of benzene rings is 2. The van der Waals surface area contributed by atoms with Crippen LogP contribution in [-0.2, 0) is 0 Å². The van der Waals surface area contributed by atoms with Crippen LogP contribution in [0.25, 0.3) is 22.6 Å². The van der Waals surface area contributed by atoms with E-state index in [2.05, 4.69) is 20.3 Å². The fourth-order valence-corrected chi connectivity index (χ4v) is 2.89. The van der Waals surface area contributed by atoms with Gasteiger partial charge in [-0.15, -0.1) is 0 Å².